The molecule has 2 nitrogen and oxygen atoms in total. The highest BCUT2D eigenvalue weighted by Crippen LogP contribution is 2.18. The number of Topliss-reactive ketones (excluding diaryl/α,β-unsaturated/α-hetero) is 1. The van der Waals surface area contributed by atoms with E-state index in [1.54, 1.807) is 6.92 Å². The zero-order chi connectivity index (χ0) is 14.3. The molecule has 1 unspecified atom stereocenters. The lowest BCUT2D eigenvalue weighted by Crippen LogP contribution is -2.19. The summed E-state index contributed by atoms with van der Waals surface area (Å²) in [5.74, 6) is 2.27. The van der Waals surface area contributed by atoms with E-state index in [2.05, 4.69) is 29.8 Å². The van der Waals surface area contributed by atoms with Gasteiger partial charge in [-0.15, -0.1) is 0 Å². The van der Waals surface area contributed by atoms with Crippen LogP contribution < -0.4 is 4.74 Å². The molecule has 0 aliphatic rings. The average Bonchev–Trinajstić information content (AvgIpc) is 2.38. The quantitative estimate of drug-likeness (QED) is 0.667. The third-order valence-corrected chi connectivity index (χ3v) is 4.13. The molecule has 1 atom stereocenters. The van der Waals surface area contributed by atoms with E-state index in [4.69, 9.17) is 4.74 Å². The Balaban J connectivity index is 2.45. The van der Waals surface area contributed by atoms with Gasteiger partial charge in [-0.25, -0.2) is 0 Å². The van der Waals surface area contributed by atoms with Gasteiger partial charge in [-0.2, -0.15) is 0 Å². The van der Waals surface area contributed by atoms with Crippen LogP contribution in [0.5, 0.6) is 5.75 Å². The Hall–Kier alpha value is -0.830. The molecule has 1 aromatic rings. The van der Waals surface area contributed by atoms with Crippen LogP contribution in [0.3, 0.4) is 0 Å². The zero-order valence-electron chi connectivity index (χ0n) is 12.0. The van der Waals surface area contributed by atoms with Gasteiger partial charge in [-0.1, -0.05) is 41.9 Å². The van der Waals surface area contributed by atoms with Crippen molar-refractivity contribution in [3.8, 4) is 5.75 Å². The van der Waals surface area contributed by atoms with Gasteiger partial charge in [0.05, 0.1) is 6.61 Å². The van der Waals surface area contributed by atoms with Crippen LogP contribution in [0.4, 0.5) is 0 Å². The Labute approximate surface area is 124 Å². The smallest absolute Gasteiger partial charge is 0.130 e. The van der Waals surface area contributed by atoms with Crippen LogP contribution in [-0.4, -0.2) is 17.7 Å². The summed E-state index contributed by atoms with van der Waals surface area (Å²) in [6.45, 7) is 6.78. The molecular weight excluding hydrogens is 304 g/mol. The van der Waals surface area contributed by atoms with Gasteiger partial charge in [0.2, 0.25) is 0 Å². The fourth-order valence-electron chi connectivity index (χ4n) is 1.69. The van der Waals surface area contributed by atoms with Gasteiger partial charge in [0.15, 0.2) is 0 Å². The molecule has 1 aromatic carbocycles. The number of hydrogen-bond acceptors (Lipinski definition) is 2. The molecular formula is C16H23BrO2. The summed E-state index contributed by atoms with van der Waals surface area (Å²) in [6, 6.07) is 8.05. The van der Waals surface area contributed by atoms with Crippen molar-refractivity contribution < 1.29 is 9.53 Å². The van der Waals surface area contributed by atoms with Crippen molar-refractivity contribution in [2.24, 2.45) is 11.8 Å². The topological polar surface area (TPSA) is 26.3 Å². The molecule has 0 N–H and O–H groups in total. The van der Waals surface area contributed by atoms with Gasteiger partial charge in [-0.3, -0.25) is 0 Å². The number of hydrogen-bond donors (Lipinski definition) is 0. The molecule has 0 amide bonds. The van der Waals surface area contributed by atoms with E-state index < -0.39 is 0 Å². The molecule has 0 fully saturated rings. The van der Waals surface area contributed by atoms with Crippen LogP contribution in [-0.2, 0) is 11.2 Å². The van der Waals surface area contributed by atoms with E-state index in [1.165, 1.54) is 5.56 Å². The maximum Gasteiger partial charge on any atom is 0.130 e. The highest BCUT2D eigenvalue weighted by molar-refractivity contribution is 9.09. The first kappa shape index (κ1) is 16.2. The van der Waals surface area contributed by atoms with Crippen molar-refractivity contribution in [3.05, 3.63) is 29.8 Å². The molecule has 0 spiro atoms. The highest BCUT2D eigenvalue weighted by Gasteiger charge is 2.12. The van der Waals surface area contributed by atoms with Crippen LogP contribution in [0.15, 0.2) is 24.3 Å². The Kier molecular flexibility index (Phi) is 7.14. The van der Waals surface area contributed by atoms with Crippen molar-refractivity contribution in [1.82, 2.24) is 0 Å². The second kappa shape index (κ2) is 8.36. The number of aryl methyl sites for hydroxylation is 1. The minimum atomic E-state index is 0.234. The van der Waals surface area contributed by atoms with E-state index in [0.29, 0.717) is 18.3 Å². The van der Waals surface area contributed by atoms with Crippen molar-refractivity contribution in [2.45, 2.75) is 33.6 Å². The molecule has 19 heavy (non-hydrogen) atoms. The lowest BCUT2D eigenvalue weighted by atomic mass is 9.99. The van der Waals surface area contributed by atoms with Gasteiger partial charge in [0.25, 0.3) is 0 Å². The molecule has 0 aliphatic heterocycles. The summed E-state index contributed by atoms with van der Waals surface area (Å²) in [5, 5.41) is 0.960. The molecule has 0 saturated carbocycles. The lowest BCUT2D eigenvalue weighted by Gasteiger charge is -2.18. The lowest BCUT2D eigenvalue weighted by molar-refractivity contribution is -0.116. The van der Waals surface area contributed by atoms with Crippen LogP contribution >= 0.6 is 15.9 Å². The molecule has 0 bridgehead atoms. The molecule has 0 radical (unpaired) electrons. The minimum absolute atomic E-state index is 0.234. The van der Waals surface area contributed by atoms with E-state index in [-0.39, 0.29) is 5.78 Å². The first-order valence-electron chi connectivity index (χ1n) is 6.80. The minimum Gasteiger partial charge on any atom is -0.493 e. The van der Waals surface area contributed by atoms with Crippen LogP contribution in [0.25, 0.3) is 0 Å². The molecule has 0 saturated heterocycles. The number of carbonyl (C=O) groups excluding carboxylic acids is 1. The fourth-order valence-corrected chi connectivity index (χ4v) is 2.63. The third-order valence-electron chi connectivity index (χ3n) is 3.29. The second-order valence-electron chi connectivity index (χ2n) is 5.32. The maximum atomic E-state index is 10.9. The first-order chi connectivity index (χ1) is 9.02. The molecule has 106 valence electrons. The molecule has 0 heterocycles. The van der Waals surface area contributed by atoms with E-state index in [9.17, 15) is 4.79 Å². The van der Waals surface area contributed by atoms with E-state index >= 15 is 0 Å². The van der Waals surface area contributed by atoms with Gasteiger partial charge >= 0.3 is 0 Å². The van der Waals surface area contributed by atoms with Crippen molar-refractivity contribution in [3.63, 3.8) is 0 Å². The zero-order valence-corrected chi connectivity index (χ0v) is 13.6. The monoisotopic (exact) mass is 326 g/mol. The summed E-state index contributed by atoms with van der Waals surface area (Å²) < 4.78 is 5.80. The largest absolute Gasteiger partial charge is 0.493 e. The summed E-state index contributed by atoms with van der Waals surface area (Å²) in [5.41, 5.74) is 1.18. The first-order valence-corrected chi connectivity index (χ1v) is 7.92. The number of carbonyl (C=O) groups is 1. The Morgan fingerprint density at radius 1 is 1.26 bits per heavy atom. The summed E-state index contributed by atoms with van der Waals surface area (Å²) in [7, 11) is 0. The predicted octanol–water partition coefficient (Wildman–Crippen LogP) is 4.25. The number of benzene rings is 1. The summed E-state index contributed by atoms with van der Waals surface area (Å²) in [6.07, 6.45) is 1.42. The summed E-state index contributed by atoms with van der Waals surface area (Å²) in [4.78, 5) is 10.9. The molecule has 0 aromatic heterocycles. The van der Waals surface area contributed by atoms with Gasteiger partial charge < -0.3 is 9.53 Å². The third kappa shape index (κ3) is 6.24. The van der Waals surface area contributed by atoms with E-state index in [0.717, 1.165) is 24.1 Å². The summed E-state index contributed by atoms with van der Waals surface area (Å²) >= 11 is 3.52. The normalized spacial score (nSPS) is 12.5. The Morgan fingerprint density at radius 3 is 2.37 bits per heavy atom. The van der Waals surface area contributed by atoms with Crippen molar-refractivity contribution >= 4 is 21.7 Å². The average molecular weight is 327 g/mol. The van der Waals surface area contributed by atoms with Gasteiger partial charge in [0, 0.05) is 17.7 Å². The van der Waals surface area contributed by atoms with Gasteiger partial charge in [-0.05, 0) is 37.0 Å². The number of alkyl halides is 1. The van der Waals surface area contributed by atoms with Crippen molar-refractivity contribution in [1.29, 1.82) is 0 Å². The molecule has 0 aliphatic carbocycles. The van der Waals surface area contributed by atoms with Gasteiger partial charge in [0.1, 0.15) is 11.5 Å². The number of ketones is 1. The predicted molar refractivity (Wildman–Crippen MR) is 83.1 cm³/mol. The molecule has 1 rings (SSSR count). The van der Waals surface area contributed by atoms with Crippen LogP contribution in [0.2, 0.25) is 0 Å². The highest BCUT2D eigenvalue weighted by atomic mass is 79.9. The van der Waals surface area contributed by atoms with Crippen molar-refractivity contribution in [2.75, 3.05) is 11.9 Å². The number of halogens is 1. The van der Waals surface area contributed by atoms with Crippen LogP contribution in [0, 0.1) is 11.8 Å². The van der Waals surface area contributed by atoms with Crippen LogP contribution in [0.1, 0.15) is 32.8 Å². The second-order valence-corrected chi connectivity index (χ2v) is 5.96. The molecule has 3 heteroatoms. The van der Waals surface area contributed by atoms with E-state index in [1.807, 2.05) is 24.3 Å². The Bertz CT molecular complexity index is 384. The number of ether oxygens (including phenoxy) is 1. The maximum absolute atomic E-state index is 10.9. The number of rotatable bonds is 8. The fraction of sp³-hybridized carbons (Fsp3) is 0.562. The Morgan fingerprint density at radius 2 is 1.89 bits per heavy atom. The SMILES string of the molecule is CC(=O)CCc1ccc(OCC(CBr)C(C)C)cc1. The standard InChI is InChI=1S/C16H23BrO2/c1-12(2)15(10-17)11-19-16-8-6-14(7-9-16)5-4-13(3)18/h6-9,12,15H,4-5,10-11H2,1-3H3.